The second kappa shape index (κ2) is 3.74. The predicted octanol–water partition coefficient (Wildman–Crippen LogP) is 2.91. The molecule has 1 aliphatic heterocycles. The number of rotatable bonds is 1. The highest BCUT2D eigenvalue weighted by Crippen LogP contribution is 2.28. The van der Waals surface area contributed by atoms with Crippen molar-refractivity contribution in [3.05, 3.63) is 29.3 Å². The second-order valence-electron chi connectivity index (χ2n) is 3.75. The van der Waals surface area contributed by atoms with Gasteiger partial charge < -0.3 is 10.1 Å². The largest absolute Gasteiger partial charge is 0.490 e. The molecule has 2 nitrogen and oxygen atoms in total. The molecule has 2 rings (SSSR count). The van der Waals surface area contributed by atoms with Crippen LogP contribution in [0.1, 0.15) is 19.4 Å². The SMILES string of the molecule is CC(C)=Cc1ccc2c(c1)OCCN2. The molecule has 1 aromatic carbocycles. The molecule has 0 fully saturated rings. The van der Waals surface area contributed by atoms with E-state index < -0.39 is 0 Å². The maximum atomic E-state index is 5.55. The van der Waals surface area contributed by atoms with Crippen LogP contribution in [-0.4, -0.2) is 13.2 Å². The third-order valence-corrected chi connectivity index (χ3v) is 2.14. The smallest absolute Gasteiger partial charge is 0.143 e. The summed E-state index contributed by atoms with van der Waals surface area (Å²) in [5.41, 5.74) is 3.60. The Morgan fingerprint density at radius 1 is 1.43 bits per heavy atom. The quantitative estimate of drug-likeness (QED) is 0.733. The monoisotopic (exact) mass is 189 g/mol. The van der Waals surface area contributed by atoms with E-state index in [4.69, 9.17) is 4.74 Å². The average Bonchev–Trinajstić information content (AvgIpc) is 2.17. The number of benzene rings is 1. The highest BCUT2D eigenvalue weighted by molar-refractivity contribution is 5.64. The van der Waals surface area contributed by atoms with E-state index in [1.165, 1.54) is 11.1 Å². The molecule has 1 N–H and O–H groups in total. The molecule has 0 aliphatic carbocycles. The first-order valence-corrected chi connectivity index (χ1v) is 4.91. The lowest BCUT2D eigenvalue weighted by atomic mass is 10.1. The second-order valence-corrected chi connectivity index (χ2v) is 3.75. The van der Waals surface area contributed by atoms with Gasteiger partial charge in [-0.2, -0.15) is 0 Å². The van der Waals surface area contributed by atoms with Crippen LogP contribution in [-0.2, 0) is 0 Å². The first-order chi connectivity index (χ1) is 6.75. The van der Waals surface area contributed by atoms with Gasteiger partial charge in [-0.15, -0.1) is 0 Å². The van der Waals surface area contributed by atoms with Gasteiger partial charge in [-0.05, 0) is 31.5 Å². The molecule has 1 aliphatic rings. The molecule has 1 heterocycles. The van der Waals surface area contributed by atoms with Crippen LogP contribution in [0.25, 0.3) is 6.08 Å². The van der Waals surface area contributed by atoms with Gasteiger partial charge in [0.05, 0.1) is 5.69 Å². The van der Waals surface area contributed by atoms with Crippen molar-refractivity contribution in [1.82, 2.24) is 0 Å². The molecule has 0 spiro atoms. The van der Waals surface area contributed by atoms with E-state index in [1.807, 2.05) is 0 Å². The van der Waals surface area contributed by atoms with Crippen LogP contribution >= 0.6 is 0 Å². The predicted molar refractivity (Wildman–Crippen MR) is 59.8 cm³/mol. The topological polar surface area (TPSA) is 21.3 Å². The fourth-order valence-corrected chi connectivity index (χ4v) is 1.57. The normalized spacial score (nSPS) is 13.6. The molecule has 0 saturated heterocycles. The minimum atomic E-state index is 0.755. The number of ether oxygens (including phenoxy) is 1. The van der Waals surface area contributed by atoms with Crippen molar-refractivity contribution in [2.75, 3.05) is 18.5 Å². The van der Waals surface area contributed by atoms with E-state index in [9.17, 15) is 0 Å². The first-order valence-electron chi connectivity index (χ1n) is 4.91. The summed E-state index contributed by atoms with van der Waals surface area (Å²) < 4.78 is 5.55. The van der Waals surface area contributed by atoms with Gasteiger partial charge in [-0.1, -0.05) is 17.7 Å². The van der Waals surface area contributed by atoms with Gasteiger partial charge in [0.2, 0.25) is 0 Å². The highest BCUT2D eigenvalue weighted by atomic mass is 16.5. The number of hydrogen-bond acceptors (Lipinski definition) is 2. The standard InChI is InChI=1S/C12H15NO/c1-9(2)7-10-3-4-11-12(8-10)14-6-5-13-11/h3-4,7-8,13H,5-6H2,1-2H3. The zero-order valence-corrected chi connectivity index (χ0v) is 8.63. The summed E-state index contributed by atoms with van der Waals surface area (Å²) in [6.07, 6.45) is 2.15. The average molecular weight is 189 g/mol. The lowest BCUT2D eigenvalue weighted by Crippen LogP contribution is -2.17. The Hall–Kier alpha value is -1.44. The summed E-state index contributed by atoms with van der Waals surface area (Å²) in [4.78, 5) is 0. The van der Waals surface area contributed by atoms with E-state index in [0.29, 0.717) is 0 Å². The van der Waals surface area contributed by atoms with Crippen molar-refractivity contribution in [2.24, 2.45) is 0 Å². The van der Waals surface area contributed by atoms with Gasteiger partial charge in [0.25, 0.3) is 0 Å². The van der Waals surface area contributed by atoms with Crippen molar-refractivity contribution < 1.29 is 4.74 Å². The molecule has 0 radical (unpaired) electrons. The maximum Gasteiger partial charge on any atom is 0.143 e. The molecular formula is C12H15NO. The fraction of sp³-hybridized carbons (Fsp3) is 0.333. The van der Waals surface area contributed by atoms with Crippen LogP contribution < -0.4 is 10.1 Å². The Morgan fingerprint density at radius 3 is 3.07 bits per heavy atom. The molecule has 0 bridgehead atoms. The van der Waals surface area contributed by atoms with Crippen LogP contribution in [0.5, 0.6) is 5.75 Å². The van der Waals surface area contributed by atoms with Gasteiger partial charge in [-0.25, -0.2) is 0 Å². The van der Waals surface area contributed by atoms with Crippen LogP contribution in [0.15, 0.2) is 23.8 Å². The van der Waals surface area contributed by atoms with Gasteiger partial charge in [0, 0.05) is 6.54 Å². The first kappa shape index (κ1) is 9.13. The van der Waals surface area contributed by atoms with Gasteiger partial charge in [0.1, 0.15) is 12.4 Å². The molecule has 0 saturated carbocycles. The number of fused-ring (bicyclic) bond motifs is 1. The molecular weight excluding hydrogens is 174 g/mol. The summed E-state index contributed by atoms with van der Waals surface area (Å²) in [6.45, 7) is 5.84. The van der Waals surface area contributed by atoms with Gasteiger partial charge in [-0.3, -0.25) is 0 Å². The molecule has 14 heavy (non-hydrogen) atoms. The van der Waals surface area contributed by atoms with E-state index in [2.05, 4.69) is 43.4 Å². The Bertz CT molecular complexity index is 365. The third kappa shape index (κ3) is 1.90. The minimum absolute atomic E-state index is 0.755. The molecule has 0 unspecified atom stereocenters. The third-order valence-electron chi connectivity index (χ3n) is 2.14. The van der Waals surface area contributed by atoms with Crippen molar-refractivity contribution >= 4 is 11.8 Å². The Morgan fingerprint density at radius 2 is 2.29 bits per heavy atom. The van der Waals surface area contributed by atoms with Gasteiger partial charge in [0.15, 0.2) is 0 Å². The molecule has 1 aromatic rings. The van der Waals surface area contributed by atoms with Crippen molar-refractivity contribution in [2.45, 2.75) is 13.8 Å². The number of hydrogen-bond donors (Lipinski definition) is 1. The molecule has 74 valence electrons. The van der Waals surface area contributed by atoms with Crippen molar-refractivity contribution in [3.63, 3.8) is 0 Å². The minimum Gasteiger partial charge on any atom is -0.490 e. The van der Waals surface area contributed by atoms with E-state index in [0.717, 1.165) is 24.6 Å². The fourth-order valence-electron chi connectivity index (χ4n) is 1.57. The Balaban J connectivity index is 2.34. The Labute approximate surface area is 84.6 Å². The summed E-state index contributed by atoms with van der Waals surface area (Å²) in [5.74, 6) is 0.964. The summed E-state index contributed by atoms with van der Waals surface area (Å²) in [6, 6.07) is 6.26. The summed E-state index contributed by atoms with van der Waals surface area (Å²) >= 11 is 0. The van der Waals surface area contributed by atoms with Crippen LogP contribution in [0.4, 0.5) is 5.69 Å². The molecule has 0 atom stereocenters. The van der Waals surface area contributed by atoms with Crippen LogP contribution in [0, 0.1) is 0 Å². The number of nitrogens with one attached hydrogen (secondary N) is 1. The van der Waals surface area contributed by atoms with Crippen molar-refractivity contribution in [1.29, 1.82) is 0 Å². The highest BCUT2D eigenvalue weighted by Gasteiger charge is 2.08. The zero-order chi connectivity index (χ0) is 9.97. The van der Waals surface area contributed by atoms with E-state index >= 15 is 0 Å². The molecule has 0 amide bonds. The lowest BCUT2D eigenvalue weighted by Gasteiger charge is -2.19. The van der Waals surface area contributed by atoms with Crippen LogP contribution in [0.2, 0.25) is 0 Å². The number of anilines is 1. The Kier molecular flexibility index (Phi) is 2.44. The van der Waals surface area contributed by atoms with E-state index in [-0.39, 0.29) is 0 Å². The summed E-state index contributed by atoms with van der Waals surface area (Å²) in [7, 11) is 0. The lowest BCUT2D eigenvalue weighted by molar-refractivity contribution is 0.323. The van der Waals surface area contributed by atoms with Gasteiger partial charge >= 0.3 is 0 Å². The van der Waals surface area contributed by atoms with Crippen LogP contribution in [0.3, 0.4) is 0 Å². The maximum absolute atomic E-state index is 5.55. The summed E-state index contributed by atoms with van der Waals surface area (Å²) in [5, 5.41) is 3.30. The molecule has 2 heteroatoms. The zero-order valence-electron chi connectivity index (χ0n) is 8.63. The van der Waals surface area contributed by atoms with E-state index in [1.54, 1.807) is 0 Å². The molecule has 0 aromatic heterocycles. The van der Waals surface area contributed by atoms with Crippen molar-refractivity contribution in [3.8, 4) is 5.75 Å². The number of allylic oxidation sites excluding steroid dienone is 1.